The van der Waals surface area contributed by atoms with Crippen LogP contribution < -0.4 is 4.74 Å². The van der Waals surface area contributed by atoms with Gasteiger partial charge in [0.1, 0.15) is 30.1 Å². The van der Waals surface area contributed by atoms with Gasteiger partial charge in [-0.1, -0.05) is 6.07 Å². The summed E-state index contributed by atoms with van der Waals surface area (Å²) in [5.74, 6) is -1.72. The molecule has 0 aliphatic rings. The Bertz CT molecular complexity index is 538. The molecule has 0 unspecified atom stereocenters. The largest absolute Gasteiger partial charge is 0.487 e. The molecule has 0 aliphatic heterocycles. The van der Waals surface area contributed by atoms with Crippen LogP contribution in [-0.4, -0.2) is 16.1 Å². The number of nitrogens with zero attached hydrogens (tertiary/aromatic N) is 1. The highest BCUT2D eigenvalue weighted by atomic mass is 19.1. The molecule has 0 saturated carbocycles. The predicted octanol–water partition coefficient (Wildman–Crippen LogP) is 2.09. The molecule has 2 rings (SSSR count). The van der Waals surface area contributed by atoms with E-state index in [-0.39, 0.29) is 6.61 Å². The molecule has 2 aromatic rings. The Labute approximate surface area is 95.5 Å². The van der Waals surface area contributed by atoms with E-state index in [0.29, 0.717) is 11.4 Å². The van der Waals surface area contributed by atoms with Crippen molar-refractivity contribution in [3.05, 3.63) is 47.9 Å². The number of rotatable bonds is 4. The van der Waals surface area contributed by atoms with Gasteiger partial charge in [-0.25, -0.2) is 14.2 Å². The van der Waals surface area contributed by atoms with Gasteiger partial charge in [-0.2, -0.15) is 0 Å². The van der Waals surface area contributed by atoms with E-state index in [0.717, 1.165) is 0 Å². The average molecular weight is 237 g/mol. The first kappa shape index (κ1) is 11.1. The molecule has 1 aromatic carbocycles. The summed E-state index contributed by atoms with van der Waals surface area (Å²) in [5, 5.41) is 8.57. The number of ether oxygens (including phenoxy) is 1. The second kappa shape index (κ2) is 4.65. The molecule has 6 heteroatoms. The molecule has 0 saturated heterocycles. The first-order chi connectivity index (χ1) is 8.15. The van der Waals surface area contributed by atoms with E-state index in [1.807, 2.05) is 0 Å². The summed E-state index contributed by atoms with van der Waals surface area (Å²) in [6.07, 6.45) is 1.18. The average Bonchev–Trinajstić information content (AvgIpc) is 2.75. The maximum atomic E-state index is 12.8. The van der Waals surface area contributed by atoms with Gasteiger partial charge in [-0.3, -0.25) is 0 Å². The summed E-state index contributed by atoms with van der Waals surface area (Å²) in [5.41, 5.74) is 0.326. The fourth-order valence-corrected chi connectivity index (χ4v) is 1.19. The van der Waals surface area contributed by atoms with Crippen LogP contribution >= 0.6 is 0 Å². The number of benzene rings is 1. The lowest BCUT2D eigenvalue weighted by atomic mass is 10.3. The number of aromatic carboxylic acids is 1. The molecule has 5 nitrogen and oxygen atoms in total. The molecule has 1 aromatic heterocycles. The minimum atomic E-state index is -1.25. The van der Waals surface area contributed by atoms with Crippen molar-refractivity contribution in [1.29, 1.82) is 0 Å². The van der Waals surface area contributed by atoms with Crippen LogP contribution in [0.5, 0.6) is 5.75 Å². The van der Waals surface area contributed by atoms with Gasteiger partial charge in [-0.15, -0.1) is 0 Å². The van der Waals surface area contributed by atoms with Crippen molar-refractivity contribution < 1.29 is 23.4 Å². The Hall–Kier alpha value is -2.37. The Morgan fingerprint density at radius 2 is 2.35 bits per heavy atom. The standard InChI is InChI=1S/C11H8FNO4/c12-7-2-1-3-9(4-7)16-5-8-6-17-10(13-8)11(14)15/h1-4,6H,5H2,(H,14,15). The van der Waals surface area contributed by atoms with Gasteiger partial charge in [0.05, 0.1) is 0 Å². The molecular formula is C11H8FNO4. The van der Waals surface area contributed by atoms with Gasteiger partial charge in [0.25, 0.3) is 0 Å². The molecule has 0 spiro atoms. The zero-order valence-electron chi connectivity index (χ0n) is 8.59. The van der Waals surface area contributed by atoms with E-state index < -0.39 is 17.7 Å². The Morgan fingerprint density at radius 1 is 1.53 bits per heavy atom. The zero-order valence-corrected chi connectivity index (χ0v) is 8.59. The Balaban J connectivity index is 2.00. The van der Waals surface area contributed by atoms with Gasteiger partial charge < -0.3 is 14.3 Å². The first-order valence-electron chi connectivity index (χ1n) is 4.71. The lowest BCUT2D eigenvalue weighted by molar-refractivity contribution is 0.0653. The van der Waals surface area contributed by atoms with Crippen molar-refractivity contribution in [2.45, 2.75) is 6.61 Å². The van der Waals surface area contributed by atoms with Crippen LogP contribution in [0.3, 0.4) is 0 Å². The van der Waals surface area contributed by atoms with Gasteiger partial charge in [0.15, 0.2) is 0 Å². The Morgan fingerprint density at radius 3 is 3.00 bits per heavy atom. The normalized spacial score (nSPS) is 10.2. The smallest absolute Gasteiger partial charge is 0.392 e. The fourth-order valence-electron chi connectivity index (χ4n) is 1.19. The van der Waals surface area contributed by atoms with E-state index in [1.165, 1.54) is 24.5 Å². The fraction of sp³-hybridized carbons (Fsp3) is 0.0909. The second-order valence-corrected chi connectivity index (χ2v) is 3.20. The number of oxazole rings is 1. The second-order valence-electron chi connectivity index (χ2n) is 3.20. The number of aromatic nitrogens is 1. The van der Waals surface area contributed by atoms with Gasteiger partial charge in [-0.05, 0) is 12.1 Å². The lowest BCUT2D eigenvalue weighted by Crippen LogP contribution is -1.99. The van der Waals surface area contributed by atoms with Crippen LogP contribution in [-0.2, 0) is 6.61 Å². The van der Waals surface area contributed by atoms with Crippen LogP contribution in [0.15, 0.2) is 34.9 Å². The van der Waals surface area contributed by atoms with Crippen LogP contribution in [0.2, 0.25) is 0 Å². The van der Waals surface area contributed by atoms with Crippen LogP contribution in [0.25, 0.3) is 0 Å². The summed E-state index contributed by atoms with van der Waals surface area (Å²) < 4.78 is 22.7. The summed E-state index contributed by atoms with van der Waals surface area (Å²) in [6.45, 7) is 0.0141. The van der Waals surface area contributed by atoms with Gasteiger partial charge in [0.2, 0.25) is 0 Å². The highest BCUT2D eigenvalue weighted by Crippen LogP contribution is 2.14. The predicted molar refractivity (Wildman–Crippen MR) is 54.2 cm³/mol. The summed E-state index contributed by atoms with van der Waals surface area (Å²) >= 11 is 0. The number of carboxylic acids is 1. The number of hydrogen-bond acceptors (Lipinski definition) is 4. The number of hydrogen-bond donors (Lipinski definition) is 1. The number of carbonyl (C=O) groups is 1. The maximum absolute atomic E-state index is 12.8. The van der Waals surface area contributed by atoms with Crippen LogP contribution in [0.1, 0.15) is 16.4 Å². The first-order valence-corrected chi connectivity index (χ1v) is 4.71. The highest BCUT2D eigenvalue weighted by Gasteiger charge is 2.11. The molecule has 0 atom stereocenters. The molecule has 1 N–H and O–H groups in total. The highest BCUT2D eigenvalue weighted by molar-refractivity contribution is 5.82. The van der Waals surface area contributed by atoms with Crippen LogP contribution in [0.4, 0.5) is 4.39 Å². The molecule has 0 aliphatic carbocycles. The lowest BCUT2D eigenvalue weighted by Gasteiger charge is -2.02. The minimum Gasteiger partial charge on any atom is -0.487 e. The monoisotopic (exact) mass is 237 g/mol. The van der Waals surface area contributed by atoms with E-state index in [4.69, 9.17) is 9.84 Å². The third-order valence-corrected chi connectivity index (χ3v) is 1.92. The molecule has 17 heavy (non-hydrogen) atoms. The third kappa shape index (κ3) is 2.81. The summed E-state index contributed by atoms with van der Waals surface area (Å²) in [6, 6.07) is 5.61. The van der Waals surface area contributed by atoms with Crippen molar-refractivity contribution in [3.8, 4) is 5.75 Å². The van der Waals surface area contributed by atoms with Crippen molar-refractivity contribution in [2.24, 2.45) is 0 Å². The molecule has 1 heterocycles. The van der Waals surface area contributed by atoms with Gasteiger partial charge >= 0.3 is 11.9 Å². The Kier molecular flexibility index (Phi) is 3.04. The summed E-state index contributed by atoms with van der Waals surface area (Å²) in [7, 11) is 0. The van der Waals surface area contributed by atoms with E-state index in [1.54, 1.807) is 6.07 Å². The zero-order chi connectivity index (χ0) is 12.3. The molecule has 0 radical (unpaired) electrons. The minimum absolute atomic E-state index is 0.0141. The van der Waals surface area contributed by atoms with Crippen molar-refractivity contribution in [1.82, 2.24) is 4.98 Å². The van der Waals surface area contributed by atoms with E-state index in [2.05, 4.69) is 9.40 Å². The third-order valence-electron chi connectivity index (χ3n) is 1.92. The van der Waals surface area contributed by atoms with Crippen molar-refractivity contribution in [3.63, 3.8) is 0 Å². The van der Waals surface area contributed by atoms with Crippen molar-refractivity contribution >= 4 is 5.97 Å². The maximum Gasteiger partial charge on any atom is 0.392 e. The van der Waals surface area contributed by atoms with E-state index in [9.17, 15) is 9.18 Å². The van der Waals surface area contributed by atoms with Crippen molar-refractivity contribution in [2.75, 3.05) is 0 Å². The quantitative estimate of drug-likeness (QED) is 0.881. The molecule has 0 amide bonds. The molecule has 88 valence electrons. The number of carboxylic acid groups (broad SMARTS) is 1. The topological polar surface area (TPSA) is 72.6 Å². The van der Waals surface area contributed by atoms with E-state index >= 15 is 0 Å². The van der Waals surface area contributed by atoms with Crippen LogP contribution in [0, 0.1) is 5.82 Å². The SMILES string of the molecule is O=C(O)c1nc(COc2cccc(F)c2)co1. The number of halogens is 1. The molecular weight excluding hydrogens is 229 g/mol. The summed E-state index contributed by atoms with van der Waals surface area (Å²) in [4.78, 5) is 14.1. The van der Waals surface area contributed by atoms with Gasteiger partial charge in [0, 0.05) is 6.07 Å². The molecule has 0 bridgehead atoms. The molecule has 0 fully saturated rings.